The van der Waals surface area contributed by atoms with Gasteiger partial charge in [0.2, 0.25) is 5.91 Å². The van der Waals surface area contributed by atoms with Crippen LogP contribution in [0.15, 0.2) is 24.3 Å². The van der Waals surface area contributed by atoms with Gasteiger partial charge in [-0.3, -0.25) is 19.3 Å². The molecule has 1 saturated heterocycles. The van der Waals surface area contributed by atoms with Crippen LogP contribution in [0.4, 0.5) is 9.18 Å². The van der Waals surface area contributed by atoms with Crippen molar-refractivity contribution in [1.82, 2.24) is 14.7 Å². The molecule has 0 unspecified atom stereocenters. The predicted octanol–water partition coefficient (Wildman–Crippen LogP) is 1.23. The van der Waals surface area contributed by atoms with Gasteiger partial charge in [0.25, 0.3) is 0 Å². The molecular formula is C17H20FN3O4. The zero-order valence-electron chi connectivity index (χ0n) is 14.4. The van der Waals surface area contributed by atoms with Gasteiger partial charge in [0.15, 0.2) is 0 Å². The maximum atomic E-state index is 13.7. The highest BCUT2D eigenvalue weighted by Gasteiger charge is 2.45. The molecular weight excluding hydrogens is 329 g/mol. The number of carbonyl (C=O) groups is 4. The van der Waals surface area contributed by atoms with Crippen LogP contribution in [0.3, 0.4) is 0 Å². The highest BCUT2D eigenvalue weighted by Crippen LogP contribution is 2.15. The number of benzene rings is 1. The smallest absolute Gasteiger partial charge is 0.334 e. The number of likely N-dealkylation sites (N-methyl/N-ethyl adjacent to an activating group) is 1. The summed E-state index contributed by atoms with van der Waals surface area (Å²) in [5, 5.41) is 0. The summed E-state index contributed by atoms with van der Waals surface area (Å²) in [5.41, 5.74) is 0.315. The summed E-state index contributed by atoms with van der Waals surface area (Å²) >= 11 is 0. The van der Waals surface area contributed by atoms with Crippen molar-refractivity contribution in [2.45, 2.75) is 20.4 Å². The summed E-state index contributed by atoms with van der Waals surface area (Å²) < 4.78 is 13.7. The molecule has 0 atom stereocenters. The first kappa shape index (κ1) is 18.6. The van der Waals surface area contributed by atoms with Gasteiger partial charge >= 0.3 is 17.8 Å². The minimum atomic E-state index is -1.02. The quantitative estimate of drug-likeness (QED) is 0.572. The van der Waals surface area contributed by atoms with E-state index in [0.717, 1.165) is 4.90 Å². The summed E-state index contributed by atoms with van der Waals surface area (Å²) in [4.78, 5) is 51.0. The molecule has 1 aromatic rings. The molecule has 8 heteroatoms. The fraction of sp³-hybridized carbons (Fsp3) is 0.412. The zero-order valence-corrected chi connectivity index (χ0v) is 14.4. The molecule has 1 aromatic carbocycles. The maximum Gasteiger partial charge on any atom is 0.334 e. The molecule has 25 heavy (non-hydrogen) atoms. The van der Waals surface area contributed by atoms with E-state index in [9.17, 15) is 23.6 Å². The number of amides is 5. The number of urea groups is 1. The SMILES string of the molecule is CC(C)CN1C(=O)C(=O)N(CC(=O)N(C)Cc2ccccc2F)C1=O. The predicted molar refractivity (Wildman–Crippen MR) is 86.5 cm³/mol. The molecule has 0 spiro atoms. The summed E-state index contributed by atoms with van der Waals surface area (Å²) in [7, 11) is 1.44. The van der Waals surface area contributed by atoms with Crippen LogP contribution in [0.25, 0.3) is 0 Å². The van der Waals surface area contributed by atoms with E-state index in [2.05, 4.69) is 0 Å². The third-order valence-corrected chi connectivity index (χ3v) is 3.77. The second-order valence-electron chi connectivity index (χ2n) is 6.32. The third kappa shape index (κ3) is 4.01. The van der Waals surface area contributed by atoms with E-state index < -0.39 is 36.1 Å². The lowest BCUT2D eigenvalue weighted by Crippen LogP contribution is -2.42. The van der Waals surface area contributed by atoms with Crippen molar-refractivity contribution in [1.29, 1.82) is 0 Å². The lowest BCUT2D eigenvalue weighted by molar-refractivity contribution is -0.144. The summed E-state index contributed by atoms with van der Waals surface area (Å²) in [6, 6.07) is 5.21. The summed E-state index contributed by atoms with van der Waals surface area (Å²) in [6.45, 7) is 3.16. The highest BCUT2D eigenvalue weighted by atomic mass is 19.1. The minimum absolute atomic E-state index is 0.0000750. The molecule has 0 aliphatic carbocycles. The van der Waals surface area contributed by atoms with Crippen LogP contribution in [0.5, 0.6) is 0 Å². The van der Waals surface area contributed by atoms with Gasteiger partial charge in [-0.15, -0.1) is 0 Å². The Morgan fingerprint density at radius 2 is 1.72 bits per heavy atom. The number of imide groups is 2. The maximum absolute atomic E-state index is 13.7. The molecule has 1 heterocycles. The van der Waals surface area contributed by atoms with E-state index in [1.807, 2.05) is 0 Å². The van der Waals surface area contributed by atoms with Gasteiger partial charge in [0, 0.05) is 25.7 Å². The Hall–Kier alpha value is -2.77. The van der Waals surface area contributed by atoms with E-state index in [4.69, 9.17) is 0 Å². The Morgan fingerprint density at radius 1 is 1.12 bits per heavy atom. The lowest BCUT2D eigenvalue weighted by Gasteiger charge is -2.21. The molecule has 0 N–H and O–H groups in total. The Labute approximate surface area is 145 Å². The first-order valence-corrected chi connectivity index (χ1v) is 7.87. The van der Waals surface area contributed by atoms with E-state index in [-0.39, 0.29) is 19.0 Å². The molecule has 0 saturated carbocycles. The molecule has 0 aromatic heterocycles. The van der Waals surface area contributed by atoms with E-state index in [1.54, 1.807) is 26.0 Å². The third-order valence-electron chi connectivity index (χ3n) is 3.77. The van der Waals surface area contributed by atoms with Gasteiger partial charge in [-0.05, 0) is 12.0 Å². The lowest BCUT2D eigenvalue weighted by atomic mass is 10.2. The van der Waals surface area contributed by atoms with Crippen LogP contribution in [-0.4, -0.2) is 58.6 Å². The highest BCUT2D eigenvalue weighted by molar-refractivity contribution is 6.45. The Balaban J connectivity index is 2.04. The molecule has 0 bridgehead atoms. The summed E-state index contributed by atoms with van der Waals surface area (Å²) in [5.74, 6) is -2.96. The number of hydrogen-bond donors (Lipinski definition) is 0. The van der Waals surface area contributed by atoms with Crippen molar-refractivity contribution >= 4 is 23.8 Å². The summed E-state index contributed by atoms with van der Waals surface area (Å²) in [6.07, 6.45) is 0. The monoisotopic (exact) mass is 349 g/mol. The number of hydrogen-bond acceptors (Lipinski definition) is 4. The fourth-order valence-corrected chi connectivity index (χ4v) is 2.44. The molecule has 1 aliphatic rings. The van der Waals surface area contributed by atoms with Gasteiger partial charge < -0.3 is 4.90 Å². The molecule has 1 aliphatic heterocycles. The van der Waals surface area contributed by atoms with Crippen molar-refractivity contribution in [3.05, 3.63) is 35.6 Å². The minimum Gasteiger partial charge on any atom is -0.340 e. The number of carbonyl (C=O) groups excluding carboxylic acids is 4. The molecule has 5 amide bonds. The van der Waals surface area contributed by atoms with Gasteiger partial charge in [-0.25, -0.2) is 14.1 Å². The van der Waals surface area contributed by atoms with Crippen LogP contribution < -0.4 is 0 Å². The van der Waals surface area contributed by atoms with Gasteiger partial charge in [0.1, 0.15) is 12.4 Å². The van der Waals surface area contributed by atoms with E-state index in [1.165, 1.54) is 24.1 Å². The van der Waals surface area contributed by atoms with Crippen molar-refractivity contribution in [3.8, 4) is 0 Å². The molecule has 134 valence electrons. The Kier molecular flexibility index (Phi) is 5.51. The van der Waals surface area contributed by atoms with Crippen LogP contribution in [0.2, 0.25) is 0 Å². The van der Waals surface area contributed by atoms with Crippen LogP contribution in [-0.2, 0) is 20.9 Å². The fourth-order valence-electron chi connectivity index (χ4n) is 2.44. The standard InChI is InChI=1S/C17H20FN3O4/c1-11(2)8-20-15(23)16(24)21(17(20)25)10-14(22)19(3)9-12-6-4-5-7-13(12)18/h4-7,11H,8-10H2,1-3H3. The molecule has 1 fully saturated rings. The van der Waals surface area contributed by atoms with Crippen LogP contribution in [0.1, 0.15) is 19.4 Å². The topological polar surface area (TPSA) is 78.0 Å². The first-order chi connectivity index (χ1) is 11.7. The average molecular weight is 349 g/mol. The van der Waals surface area contributed by atoms with Crippen LogP contribution in [0, 0.1) is 11.7 Å². The van der Waals surface area contributed by atoms with Gasteiger partial charge in [0.05, 0.1) is 0 Å². The number of nitrogens with zero attached hydrogens (tertiary/aromatic N) is 3. The second-order valence-corrected chi connectivity index (χ2v) is 6.32. The number of halogens is 1. The van der Waals surface area contributed by atoms with Gasteiger partial charge in [-0.1, -0.05) is 32.0 Å². The largest absolute Gasteiger partial charge is 0.340 e. The van der Waals surface area contributed by atoms with E-state index in [0.29, 0.717) is 10.5 Å². The second kappa shape index (κ2) is 7.42. The number of rotatable bonds is 6. The Bertz CT molecular complexity index is 720. The Morgan fingerprint density at radius 3 is 2.32 bits per heavy atom. The van der Waals surface area contributed by atoms with Crippen LogP contribution >= 0.6 is 0 Å². The van der Waals surface area contributed by atoms with Gasteiger partial charge in [-0.2, -0.15) is 0 Å². The molecule has 2 rings (SSSR count). The van der Waals surface area contributed by atoms with Crippen molar-refractivity contribution < 1.29 is 23.6 Å². The molecule has 7 nitrogen and oxygen atoms in total. The first-order valence-electron chi connectivity index (χ1n) is 7.87. The zero-order chi connectivity index (χ0) is 18.7. The molecule has 0 radical (unpaired) electrons. The van der Waals surface area contributed by atoms with Crippen molar-refractivity contribution in [2.75, 3.05) is 20.1 Å². The van der Waals surface area contributed by atoms with Crippen molar-refractivity contribution in [2.24, 2.45) is 5.92 Å². The van der Waals surface area contributed by atoms with E-state index >= 15 is 0 Å². The van der Waals surface area contributed by atoms with Crippen molar-refractivity contribution in [3.63, 3.8) is 0 Å². The average Bonchev–Trinajstić information content (AvgIpc) is 2.74. The normalized spacial score (nSPS) is 14.7.